The van der Waals surface area contributed by atoms with Crippen molar-refractivity contribution in [3.05, 3.63) is 34.9 Å². The number of hydrogen-bond donors (Lipinski definition) is 3. The topological polar surface area (TPSA) is 65.9 Å². The molecule has 1 atom stereocenters. The van der Waals surface area contributed by atoms with E-state index >= 15 is 0 Å². The van der Waals surface area contributed by atoms with Crippen molar-refractivity contribution in [3.63, 3.8) is 0 Å². The van der Waals surface area contributed by atoms with Crippen LogP contribution in [-0.2, 0) is 4.74 Å². The van der Waals surface area contributed by atoms with E-state index in [1.165, 1.54) is 0 Å². The molecule has 0 radical (unpaired) electrons. The van der Waals surface area contributed by atoms with Gasteiger partial charge in [0, 0.05) is 30.8 Å². The summed E-state index contributed by atoms with van der Waals surface area (Å²) >= 11 is 6.09. The largest absolute Gasteiger partial charge is 0.387 e. The molecule has 7 heteroatoms. The molecule has 0 aromatic heterocycles. The molecule has 23 heavy (non-hydrogen) atoms. The highest BCUT2D eigenvalue weighted by Crippen LogP contribution is 2.21. The van der Waals surface area contributed by atoms with Gasteiger partial charge in [-0.05, 0) is 26.8 Å². The molecule has 0 amide bonds. The Hall–Kier alpha value is -0.570. The minimum atomic E-state index is -0.701. The van der Waals surface area contributed by atoms with Gasteiger partial charge in [0.1, 0.15) is 0 Å². The number of aliphatic hydroxyl groups is 1. The second-order valence-corrected chi connectivity index (χ2v) is 5.98. The molecule has 0 fully saturated rings. The normalized spacial score (nSPS) is 13.2. The summed E-state index contributed by atoms with van der Waals surface area (Å²) in [6, 6.07) is 7.27. The Labute approximate surface area is 160 Å². The van der Waals surface area contributed by atoms with Gasteiger partial charge in [-0.2, -0.15) is 0 Å². The Morgan fingerprint density at radius 1 is 1.35 bits per heavy atom. The fourth-order valence-corrected chi connectivity index (χ4v) is 1.99. The maximum Gasteiger partial charge on any atom is 0.191 e. The summed E-state index contributed by atoms with van der Waals surface area (Å²) in [6.45, 7) is 7.51. The van der Waals surface area contributed by atoms with Crippen molar-refractivity contribution in [3.8, 4) is 0 Å². The van der Waals surface area contributed by atoms with Crippen LogP contribution in [0, 0.1) is 0 Å². The lowest BCUT2D eigenvalue weighted by molar-refractivity contribution is 0.0310. The van der Waals surface area contributed by atoms with Crippen molar-refractivity contribution in [2.75, 3.05) is 26.7 Å². The van der Waals surface area contributed by atoms with E-state index in [4.69, 9.17) is 16.3 Å². The van der Waals surface area contributed by atoms with Crippen LogP contribution in [0.1, 0.15) is 32.4 Å². The molecule has 0 heterocycles. The number of rotatable bonds is 7. The van der Waals surface area contributed by atoms with Crippen LogP contribution in [-0.4, -0.2) is 43.4 Å². The lowest BCUT2D eigenvalue weighted by Crippen LogP contribution is -2.40. The third kappa shape index (κ3) is 8.19. The van der Waals surface area contributed by atoms with Crippen LogP contribution in [0.2, 0.25) is 5.02 Å². The molecule has 3 N–H and O–H groups in total. The van der Waals surface area contributed by atoms with Crippen LogP contribution < -0.4 is 10.6 Å². The summed E-state index contributed by atoms with van der Waals surface area (Å²) in [5, 5.41) is 17.1. The van der Waals surface area contributed by atoms with E-state index in [2.05, 4.69) is 15.6 Å². The summed E-state index contributed by atoms with van der Waals surface area (Å²) in [4.78, 5) is 4.47. The number of halogens is 2. The molecule has 0 aliphatic rings. The molecular weight excluding hydrogens is 429 g/mol. The number of guanidine groups is 1. The van der Waals surface area contributed by atoms with E-state index in [9.17, 15) is 5.11 Å². The van der Waals surface area contributed by atoms with Crippen molar-refractivity contribution in [1.82, 2.24) is 10.6 Å². The highest BCUT2D eigenvalue weighted by molar-refractivity contribution is 14.0. The molecule has 0 aliphatic carbocycles. The Morgan fingerprint density at radius 3 is 2.57 bits per heavy atom. The minimum Gasteiger partial charge on any atom is -0.387 e. The van der Waals surface area contributed by atoms with E-state index in [-0.39, 0.29) is 29.6 Å². The van der Waals surface area contributed by atoms with Gasteiger partial charge < -0.3 is 20.5 Å². The Kier molecular flexibility index (Phi) is 10.8. The monoisotopic (exact) mass is 455 g/mol. The zero-order valence-corrected chi connectivity index (χ0v) is 17.2. The molecule has 1 aromatic carbocycles. The molecule has 1 rings (SSSR count). The predicted octanol–water partition coefficient (Wildman–Crippen LogP) is 2.97. The first-order chi connectivity index (χ1) is 10.4. The van der Waals surface area contributed by atoms with E-state index < -0.39 is 6.10 Å². The number of benzene rings is 1. The smallest absolute Gasteiger partial charge is 0.191 e. The number of ether oxygens (including phenoxy) is 1. The molecule has 0 saturated heterocycles. The van der Waals surface area contributed by atoms with Crippen molar-refractivity contribution >= 4 is 41.5 Å². The SMILES string of the molecule is CCNC(=NCC(C)(C)OC)NCC(O)c1ccccc1Cl.I. The zero-order chi connectivity index (χ0) is 16.6. The van der Waals surface area contributed by atoms with Gasteiger partial charge in [-0.1, -0.05) is 29.8 Å². The van der Waals surface area contributed by atoms with Crippen LogP contribution in [0.5, 0.6) is 0 Å². The molecule has 0 bridgehead atoms. The summed E-state index contributed by atoms with van der Waals surface area (Å²) in [6.07, 6.45) is -0.701. The van der Waals surface area contributed by atoms with Gasteiger partial charge in [-0.15, -0.1) is 24.0 Å². The third-order valence-corrected chi connectivity index (χ3v) is 3.59. The fraction of sp³-hybridized carbons (Fsp3) is 0.562. The van der Waals surface area contributed by atoms with Crippen molar-refractivity contribution < 1.29 is 9.84 Å². The van der Waals surface area contributed by atoms with Gasteiger partial charge >= 0.3 is 0 Å². The molecule has 0 spiro atoms. The first kappa shape index (κ1) is 22.4. The van der Waals surface area contributed by atoms with E-state index in [0.29, 0.717) is 29.6 Å². The number of aliphatic hydroxyl groups excluding tert-OH is 1. The first-order valence-corrected chi connectivity index (χ1v) is 7.77. The number of methoxy groups -OCH3 is 1. The highest BCUT2D eigenvalue weighted by Gasteiger charge is 2.16. The standard InChI is InChI=1S/C16H26ClN3O2.HI/c1-5-18-15(20-11-16(2,3)22-4)19-10-14(21)12-8-6-7-9-13(12)17;/h6-9,14,21H,5,10-11H2,1-4H3,(H2,18,19,20);1H. The van der Waals surface area contributed by atoms with Crippen LogP contribution in [0.3, 0.4) is 0 Å². The van der Waals surface area contributed by atoms with Crippen molar-refractivity contribution in [1.29, 1.82) is 0 Å². The van der Waals surface area contributed by atoms with Gasteiger partial charge in [-0.3, -0.25) is 4.99 Å². The summed E-state index contributed by atoms with van der Waals surface area (Å²) in [7, 11) is 1.66. The lowest BCUT2D eigenvalue weighted by Gasteiger charge is -2.22. The van der Waals surface area contributed by atoms with E-state index in [1.54, 1.807) is 13.2 Å². The number of nitrogens with zero attached hydrogens (tertiary/aromatic N) is 1. The predicted molar refractivity (Wildman–Crippen MR) is 107 cm³/mol. The molecule has 0 aliphatic heterocycles. The van der Waals surface area contributed by atoms with Crippen molar-refractivity contribution in [2.45, 2.75) is 32.5 Å². The number of hydrogen-bond acceptors (Lipinski definition) is 3. The Balaban J connectivity index is 0.00000484. The van der Waals surface area contributed by atoms with Gasteiger partial charge in [0.25, 0.3) is 0 Å². The highest BCUT2D eigenvalue weighted by atomic mass is 127. The molecule has 0 saturated carbocycles. The summed E-state index contributed by atoms with van der Waals surface area (Å²) in [5.74, 6) is 0.638. The molecule has 5 nitrogen and oxygen atoms in total. The van der Waals surface area contributed by atoms with Crippen LogP contribution >= 0.6 is 35.6 Å². The molecular formula is C16H27ClIN3O2. The fourth-order valence-electron chi connectivity index (χ4n) is 1.72. The average Bonchev–Trinajstić information content (AvgIpc) is 2.50. The van der Waals surface area contributed by atoms with Crippen LogP contribution in [0.25, 0.3) is 0 Å². The zero-order valence-electron chi connectivity index (χ0n) is 14.1. The van der Waals surface area contributed by atoms with Gasteiger partial charge in [0.2, 0.25) is 0 Å². The average molecular weight is 456 g/mol. The van der Waals surface area contributed by atoms with Gasteiger partial charge in [-0.25, -0.2) is 0 Å². The Morgan fingerprint density at radius 2 is 2.00 bits per heavy atom. The van der Waals surface area contributed by atoms with E-state index in [1.807, 2.05) is 39.0 Å². The van der Waals surface area contributed by atoms with Crippen LogP contribution in [0.4, 0.5) is 0 Å². The Bertz CT molecular complexity index is 498. The number of nitrogens with one attached hydrogen (secondary N) is 2. The summed E-state index contributed by atoms with van der Waals surface area (Å²) in [5.41, 5.74) is 0.369. The van der Waals surface area contributed by atoms with Crippen LogP contribution in [0.15, 0.2) is 29.3 Å². The molecule has 1 aromatic rings. The maximum absolute atomic E-state index is 10.2. The van der Waals surface area contributed by atoms with Gasteiger partial charge in [0.05, 0.1) is 18.2 Å². The third-order valence-electron chi connectivity index (χ3n) is 3.24. The first-order valence-electron chi connectivity index (χ1n) is 7.39. The summed E-state index contributed by atoms with van der Waals surface area (Å²) < 4.78 is 5.35. The second kappa shape index (κ2) is 11.1. The minimum absolute atomic E-state index is 0. The number of aliphatic imine (C=N–C) groups is 1. The lowest BCUT2D eigenvalue weighted by atomic mass is 10.1. The molecule has 132 valence electrons. The quantitative estimate of drug-likeness (QED) is 0.336. The van der Waals surface area contributed by atoms with Gasteiger partial charge in [0.15, 0.2) is 5.96 Å². The van der Waals surface area contributed by atoms with Crippen molar-refractivity contribution in [2.24, 2.45) is 4.99 Å². The maximum atomic E-state index is 10.2. The molecule has 1 unspecified atom stereocenters. The van der Waals surface area contributed by atoms with E-state index in [0.717, 1.165) is 6.54 Å². The second-order valence-electron chi connectivity index (χ2n) is 5.58.